The van der Waals surface area contributed by atoms with Crippen LogP contribution in [0.2, 0.25) is 0 Å². The van der Waals surface area contributed by atoms with Gasteiger partial charge in [0.2, 0.25) is 0 Å². The van der Waals surface area contributed by atoms with Crippen LogP contribution in [0.3, 0.4) is 0 Å². The summed E-state index contributed by atoms with van der Waals surface area (Å²) in [4.78, 5) is 0. The molecule has 0 spiro atoms. The standard InChI is InChI=1S/C5H5Cl.Ti/c6-5-3-1-2-4-5;/h1-3H,4H2;. The summed E-state index contributed by atoms with van der Waals surface area (Å²) >= 11 is 5.51. The first-order valence-electron chi connectivity index (χ1n) is 1.91. The summed E-state index contributed by atoms with van der Waals surface area (Å²) in [7, 11) is 0. The number of halogens is 1. The first-order chi connectivity index (χ1) is 2.89. The van der Waals surface area contributed by atoms with E-state index in [0.29, 0.717) is 0 Å². The number of hydrogen-bond acceptors (Lipinski definition) is 0. The molecule has 0 fully saturated rings. The Morgan fingerprint density at radius 2 is 2.29 bits per heavy atom. The van der Waals surface area contributed by atoms with Gasteiger partial charge in [0.25, 0.3) is 0 Å². The topological polar surface area (TPSA) is 0 Å². The molecule has 0 aromatic heterocycles. The molecule has 0 nitrogen and oxygen atoms in total. The van der Waals surface area contributed by atoms with Crippen molar-refractivity contribution in [2.24, 2.45) is 0 Å². The largest absolute Gasteiger partial charge is 0.0888 e. The fourth-order valence-electron chi connectivity index (χ4n) is 0.421. The SMILES string of the molecule is ClC1=CC=CC1.[Ti]. The molecule has 1 rings (SSSR count). The van der Waals surface area contributed by atoms with Gasteiger partial charge < -0.3 is 0 Å². The molecule has 1 aliphatic carbocycles. The fraction of sp³-hybridized carbons (Fsp3) is 0.200. The summed E-state index contributed by atoms with van der Waals surface area (Å²) in [5.41, 5.74) is 0. The molecule has 0 heterocycles. The van der Waals surface area contributed by atoms with E-state index >= 15 is 0 Å². The maximum absolute atomic E-state index is 5.51. The van der Waals surface area contributed by atoms with Crippen LogP contribution in [-0.2, 0) is 21.7 Å². The summed E-state index contributed by atoms with van der Waals surface area (Å²) in [6.07, 6.45) is 6.83. The molecule has 0 radical (unpaired) electrons. The molecule has 0 atom stereocenters. The van der Waals surface area contributed by atoms with E-state index in [1.54, 1.807) is 0 Å². The normalized spacial score (nSPS) is 15.9. The Morgan fingerprint density at radius 1 is 1.57 bits per heavy atom. The van der Waals surface area contributed by atoms with Gasteiger partial charge in [0.1, 0.15) is 0 Å². The molecular weight excluding hydrogens is 143 g/mol. The zero-order valence-corrected chi connectivity index (χ0v) is 6.13. The third-order valence-corrected chi connectivity index (χ3v) is 1.01. The molecular formula is C5H5ClTi. The van der Waals surface area contributed by atoms with E-state index in [1.807, 2.05) is 18.2 Å². The van der Waals surface area contributed by atoms with Crippen molar-refractivity contribution in [2.75, 3.05) is 0 Å². The van der Waals surface area contributed by atoms with Crippen molar-refractivity contribution in [1.29, 1.82) is 0 Å². The van der Waals surface area contributed by atoms with Crippen LogP contribution in [0.4, 0.5) is 0 Å². The summed E-state index contributed by atoms with van der Waals surface area (Å²) in [5.74, 6) is 0. The van der Waals surface area contributed by atoms with Gasteiger partial charge in [0.15, 0.2) is 0 Å². The van der Waals surface area contributed by atoms with Gasteiger partial charge in [0.05, 0.1) is 0 Å². The van der Waals surface area contributed by atoms with Gasteiger partial charge in [-0.3, -0.25) is 0 Å². The average Bonchev–Trinajstić information content (AvgIpc) is 1.86. The minimum atomic E-state index is 0. The van der Waals surface area contributed by atoms with Crippen molar-refractivity contribution in [3.05, 3.63) is 23.3 Å². The molecule has 0 aliphatic heterocycles. The Labute approximate surface area is 63.1 Å². The quantitative estimate of drug-likeness (QED) is 0.461. The predicted octanol–water partition coefficient (Wildman–Crippen LogP) is 2.07. The van der Waals surface area contributed by atoms with Crippen LogP contribution in [-0.4, -0.2) is 0 Å². The van der Waals surface area contributed by atoms with Crippen LogP contribution < -0.4 is 0 Å². The van der Waals surface area contributed by atoms with Gasteiger partial charge in [0, 0.05) is 33.2 Å². The molecule has 0 saturated heterocycles. The molecule has 0 unspecified atom stereocenters. The number of allylic oxidation sites excluding steroid dienone is 4. The summed E-state index contributed by atoms with van der Waals surface area (Å²) < 4.78 is 0. The molecule has 0 N–H and O–H groups in total. The van der Waals surface area contributed by atoms with Gasteiger partial charge in [-0.1, -0.05) is 23.8 Å². The minimum Gasteiger partial charge on any atom is -0.0888 e. The third-order valence-electron chi connectivity index (χ3n) is 0.726. The first-order valence-corrected chi connectivity index (χ1v) is 2.28. The molecule has 1 aliphatic rings. The third kappa shape index (κ3) is 2.33. The van der Waals surface area contributed by atoms with Crippen LogP contribution in [0, 0.1) is 0 Å². The van der Waals surface area contributed by atoms with E-state index in [2.05, 4.69) is 0 Å². The minimum absolute atomic E-state index is 0. The molecule has 0 saturated carbocycles. The molecule has 2 heteroatoms. The van der Waals surface area contributed by atoms with Gasteiger partial charge in [-0.2, -0.15) is 0 Å². The Morgan fingerprint density at radius 3 is 2.43 bits per heavy atom. The van der Waals surface area contributed by atoms with Crippen LogP contribution >= 0.6 is 11.6 Å². The van der Waals surface area contributed by atoms with E-state index in [9.17, 15) is 0 Å². The molecule has 7 heavy (non-hydrogen) atoms. The first kappa shape index (κ1) is 7.48. The van der Waals surface area contributed by atoms with Crippen LogP contribution in [0.5, 0.6) is 0 Å². The van der Waals surface area contributed by atoms with Gasteiger partial charge in [-0.25, -0.2) is 0 Å². The van der Waals surface area contributed by atoms with Gasteiger partial charge in [-0.15, -0.1) is 0 Å². The van der Waals surface area contributed by atoms with Crippen molar-refractivity contribution in [2.45, 2.75) is 6.42 Å². The van der Waals surface area contributed by atoms with Crippen molar-refractivity contribution in [1.82, 2.24) is 0 Å². The Bertz CT molecular complexity index is 105. The smallest absolute Gasteiger partial charge is 0.0218 e. The van der Waals surface area contributed by atoms with Crippen LogP contribution in [0.1, 0.15) is 6.42 Å². The van der Waals surface area contributed by atoms with Crippen LogP contribution in [0.15, 0.2) is 23.3 Å². The molecule has 0 amide bonds. The van der Waals surface area contributed by atoms with Crippen molar-refractivity contribution >= 4 is 11.6 Å². The second kappa shape index (κ2) is 3.48. The van der Waals surface area contributed by atoms with E-state index in [0.717, 1.165) is 11.5 Å². The Kier molecular flexibility index (Phi) is 3.72. The molecule has 0 aromatic rings. The zero-order valence-electron chi connectivity index (χ0n) is 3.82. The van der Waals surface area contributed by atoms with Crippen LogP contribution in [0.25, 0.3) is 0 Å². The van der Waals surface area contributed by atoms with E-state index in [-0.39, 0.29) is 21.7 Å². The monoisotopic (exact) mass is 148 g/mol. The Hall–Kier alpha value is 0.484. The average molecular weight is 148 g/mol. The molecule has 0 bridgehead atoms. The van der Waals surface area contributed by atoms with Crippen molar-refractivity contribution < 1.29 is 21.7 Å². The maximum atomic E-state index is 5.51. The predicted molar refractivity (Wildman–Crippen MR) is 27.7 cm³/mol. The summed E-state index contributed by atoms with van der Waals surface area (Å²) in [5, 5.41) is 0.940. The Balaban J connectivity index is 0.000000360. The maximum Gasteiger partial charge on any atom is 0.0218 e. The number of rotatable bonds is 0. The summed E-state index contributed by atoms with van der Waals surface area (Å²) in [6, 6.07) is 0. The van der Waals surface area contributed by atoms with Crippen molar-refractivity contribution in [3.8, 4) is 0 Å². The second-order valence-electron chi connectivity index (χ2n) is 1.25. The van der Waals surface area contributed by atoms with E-state index in [1.165, 1.54) is 0 Å². The van der Waals surface area contributed by atoms with Crippen molar-refractivity contribution in [3.63, 3.8) is 0 Å². The van der Waals surface area contributed by atoms with Gasteiger partial charge >= 0.3 is 0 Å². The number of hydrogen-bond donors (Lipinski definition) is 0. The van der Waals surface area contributed by atoms with E-state index < -0.39 is 0 Å². The summed E-state index contributed by atoms with van der Waals surface area (Å²) in [6.45, 7) is 0. The van der Waals surface area contributed by atoms with Gasteiger partial charge in [-0.05, 0) is 6.08 Å². The second-order valence-corrected chi connectivity index (χ2v) is 1.73. The fourth-order valence-corrected chi connectivity index (χ4v) is 0.583. The zero-order chi connectivity index (χ0) is 4.41. The molecule has 0 aromatic carbocycles. The van der Waals surface area contributed by atoms with E-state index in [4.69, 9.17) is 11.6 Å². The molecule has 36 valence electrons.